The summed E-state index contributed by atoms with van der Waals surface area (Å²) >= 11 is 0. The smallest absolute Gasteiger partial charge is 0.0952 e. The summed E-state index contributed by atoms with van der Waals surface area (Å²) in [6.07, 6.45) is 8.18. The van der Waals surface area contributed by atoms with Gasteiger partial charge in [0.2, 0.25) is 0 Å². The predicted octanol–water partition coefficient (Wildman–Crippen LogP) is 2.06. The molecule has 0 aromatic carbocycles. The zero-order chi connectivity index (χ0) is 12.4. The van der Waals surface area contributed by atoms with Crippen LogP contribution in [0.3, 0.4) is 0 Å². The molecule has 0 amide bonds. The van der Waals surface area contributed by atoms with Crippen molar-refractivity contribution in [1.82, 2.24) is 19.9 Å². The number of imidazole rings is 1. The lowest BCUT2D eigenvalue weighted by molar-refractivity contribution is 0.580. The first kappa shape index (κ1) is 11.4. The number of hydrogen-bond donors (Lipinski definition) is 1. The molecule has 3 heterocycles. The standard InChI is InChI=1S/C14H18N4/c1-11-4-2-6-17-13(11)9-18-10-15-8-14(18)12-5-3-7-16-12/h2,4,6,8,10,12,16H,3,5,7,9H2,1H3/t12-/m0/s1. The van der Waals surface area contributed by atoms with Gasteiger partial charge in [-0.05, 0) is 37.9 Å². The van der Waals surface area contributed by atoms with Crippen molar-refractivity contribution >= 4 is 0 Å². The third-order valence-corrected chi connectivity index (χ3v) is 3.60. The molecule has 18 heavy (non-hydrogen) atoms. The van der Waals surface area contributed by atoms with Crippen LogP contribution in [0.25, 0.3) is 0 Å². The van der Waals surface area contributed by atoms with Gasteiger partial charge in [0.1, 0.15) is 0 Å². The molecule has 1 atom stereocenters. The molecule has 4 nitrogen and oxygen atoms in total. The van der Waals surface area contributed by atoms with Gasteiger partial charge in [0.15, 0.2) is 0 Å². The van der Waals surface area contributed by atoms with Crippen LogP contribution >= 0.6 is 0 Å². The first-order valence-electron chi connectivity index (χ1n) is 6.48. The van der Waals surface area contributed by atoms with E-state index in [-0.39, 0.29) is 0 Å². The molecule has 1 fully saturated rings. The van der Waals surface area contributed by atoms with Crippen LogP contribution in [0.4, 0.5) is 0 Å². The molecule has 1 N–H and O–H groups in total. The van der Waals surface area contributed by atoms with E-state index in [0.717, 1.165) is 18.8 Å². The van der Waals surface area contributed by atoms with Gasteiger partial charge in [-0.2, -0.15) is 0 Å². The average molecular weight is 242 g/mol. The van der Waals surface area contributed by atoms with Crippen LogP contribution in [-0.4, -0.2) is 21.1 Å². The lowest BCUT2D eigenvalue weighted by Crippen LogP contribution is -2.17. The Morgan fingerprint density at radius 3 is 3.22 bits per heavy atom. The van der Waals surface area contributed by atoms with Crippen LogP contribution in [0.2, 0.25) is 0 Å². The molecule has 3 rings (SSSR count). The number of hydrogen-bond acceptors (Lipinski definition) is 3. The molecule has 1 saturated heterocycles. The van der Waals surface area contributed by atoms with Crippen LogP contribution in [0.5, 0.6) is 0 Å². The Morgan fingerprint density at radius 1 is 1.50 bits per heavy atom. The van der Waals surface area contributed by atoms with Gasteiger partial charge in [0.25, 0.3) is 0 Å². The molecule has 0 saturated carbocycles. The van der Waals surface area contributed by atoms with E-state index in [9.17, 15) is 0 Å². The quantitative estimate of drug-likeness (QED) is 0.896. The molecule has 1 aliphatic heterocycles. The first-order chi connectivity index (χ1) is 8.84. The van der Waals surface area contributed by atoms with Crippen molar-refractivity contribution in [3.8, 4) is 0 Å². The Labute approximate surface area is 107 Å². The van der Waals surface area contributed by atoms with E-state index in [0.29, 0.717) is 6.04 Å². The molecule has 0 radical (unpaired) electrons. The van der Waals surface area contributed by atoms with Gasteiger partial charge in [-0.1, -0.05) is 6.07 Å². The molecular weight excluding hydrogens is 224 g/mol. The summed E-state index contributed by atoms with van der Waals surface area (Å²) in [5.41, 5.74) is 3.63. The highest BCUT2D eigenvalue weighted by atomic mass is 15.1. The Morgan fingerprint density at radius 2 is 2.44 bits per heavy atom. The number of aryl methyl sites for hydroxylation is 1. The largest absolute Gasteiger partial charge is 0.327 e. The molecular formula is C14H18N4. The maximum Gasteiger partial charge on any atom is 0.0952 e. The summed E-state index contributed by atoms with van der Waals surface area (Å²) < 4.78 is 2.21. The molecule has 4 heteroatoms. The SMILES string of the molecule is Cc1cccnc1Cn1cncc1[C@@H]1CCCN1. The van der Waals surface area contributed by atoms with E-state index < -0.39 is 0 Å². The zero-order valence-electron chi connectivity index (χ0n) is 10.6. The first-order valence-corrected chi connectivity index (χ1v) is 6.48. The Hall–Kier alpha value is -1.68. The maximum atomic E-state index is 4.45. The van der Waals surface area contributed by atoms with Crippen molar-refractivity contribution in [2.45, 2.75) is 32.4 Å². The zero-order valence-corrected chi connectivity index (χ0v) is 10.6. The Kier molecular flexibility index (Phi) is 3.11. The highest BCUT2D eigenvalue weighted by Gasteiger charge is 2.19. The predicted molar refractivity (Wildman–Crippen MR) is 70.3 cm³/mol. The fourth-order valence-electron chi connectivity index (χ4n) is 2.54. The second-order valence-corrected chi connectivity index (χ2v) is 4.86. The van der Waals surface area contributed by atoms with Crippen molar-refractivity contribution in [3.05, 3.63) is 47.8 Å². The van der Waals surface area contributed by atoms with Crippen molar-refractivity contribution in [1.29, 1.82) is 0 Å². The summed E-state index contributed by atoms with van der Waals surface area (Å²) in [4.78, 5) is 8.74. The van der Waals surface area contributed by atoms with Crippen molar-refractivity contribution in [2.75, 3.05) is 6.54 Å². The molecule has 0 bridgehead atoms. The minimum atomic E-state index is 0.455. The number of aromatic nitrogens is 3. The van der Waals surface area contributed by atoms with Gasteiger partial charge in [-0.15, -0.1) is 0 Å². The Bertz CT molecular complexity index is 526. The number of pyridine rings is 1. The van der Waals surface area contributed by atoms with E-state index in [1.165, 1.54) is 24.1 Å². The van der Waals surface area contributed by atoms with E-state index in [4.69, 9.17) is 0 Å². The number of nitrogens with zero attached hydrogens (tertiary/aromatic N) is 3. The minimum Gasteiger partial charge on any atom is -0.327 e. The fourth-order valence-corrected chi connectivity index (χ4v) is 2.54. The summed E-state index contributed by atoms with van der Waals surface area (Å²) in [6.45, 7) is 4.02. The highest BCUT2D eigenvalue weighted by molar-refractivity contribution is 5.19. The molecule has 0 unspecified atom stereocenters. The minimum absolute atomic E-state index is 0.455. The van der Waals surface area contributed by atoms with Crippen molar-refractivity contribution in [3.63, 3.8) is 0 Å². The molecule has 0 aliphatic carbocycles. The second-order valence-electron chi connectivity index (χ2n) is 4.86. The van der Waals surface area contributed by atoms with Gasteiger partial charge in [-0.25, -0.2) is 4.98 Å². The molecule has 2 aromatic rings. The second kappa shape index (κ2) is 4.90. The van der Waals surface area contributed by atoms with E-state index in [2.05, 4.69) is 32.8 Å². The van der Waals surface area contributed by atoms with E-state index >= 15 is 0 Å². The monoisotopic (exact) mass is 242 g/mol. The summed E-state index contributed by atoms with van der Waals surface area (Å²) in [7, 11) is 0. The summed E-state index contributed by atoms with van der Waals surface area (Å²) in [5, 5.41) is 3.52. The summed E-state index contributed by atoms with van der Waals surface area (Å²) in [6, 6.07) is 4.54. The normalized spacial score (nSPS) is 19.3. The van der Waals surface area contributed by atoms with Crippen LogP contribution in [0.1, 0.15) is 35.8 Å². The molecule has 94 valence electrons. The van der Waals surface area contributed by atoms with Gasteiger partial charge in [-0.3, -0.25) is 4.98 Å². The van der Waals surface area contributed by atoms with Crippen LogP contribution in [0.15, 0.2) is 30.9 Å². The van der Waals surface area contributed by atoms with Gasteiger partial charge in [0, 0.05) is 18.4 Å². The van der Waals surface area contributed by atoms with E-state index in [1.807, 2.05) is 24.8 Å². The van der Waals surface area contributed by atoms with Crippen molar-refractivity contribution in [2.24, 2.45) is 0 Å². The van der Waals surface area contributed by atoms with Crippen LogP contribution < -0.4 is 5.32 Å². The Balaban J connectivity index is 1.85. The maximum absolute atomic E-state index is 4.45. The lowest BCUT2D eigenvalue weighted by Gasteiger charge is -2.14. The van der Waals surface area contributed by atoms with Crippen LogP contribution in [-0.2, 0) is 6.54 Å². The fraction of sp³-hybridized carbons (Fsp3) is 0.429. The third kappa shape index (κ3) is 2.16. The van der Waals surface area contributed by atoms with Crippen molar-refractivity contribution < 1.29 is 0 Å². The molecule has 0 spiro atoms. The third-order valence-electron chi connectivity index (χ3n) is 3.60. The highest BCUT2D eigenvalue weighted by Crippen LogP contribution is 2.23. The van der Waals surface area contributed by atoms with E-state index in [1.54, 1.807) is 0 Å². The van der Waals surface area contributed by atoms with Gasteiger partial charge >= 0.3 is 0 Å². The van der Waals surface area contributed by atoms with Gasteiger partial charge in [0.05, 0.1) is 24.3 Å². The topological polar surface area (TPSA) is 42.7 Å². The van der Waals surface area contributed by atoms with Crippen LogP contribution in [0, 0.1) is 6.92 Å². The summed E-state index contributed by atoms with van der Waals surface area (Å²) in [5.74, 6) is 0. The lowest BCUT2D eigenvalue weighted by atomic mass is 10.1. The van der Waals surface area contributed by atoms with Gasteiger partial charge < -0.3 is 9.88 Å². The number of rotatable bonds is 3. The average Bonchev–Trinajstić information content (AvgIpc) is 3.02. The number of nitrogens with one attached hydrogen (secondary N) is 1. The molecule has 1 aliphatic rings. The molecule has 2 aromatic heterocycles.